The first-order chi connectivity index (χ1) is 9.79. The van der Waals surface area contributed by atoms with E-state index < -0.39 is 0 Å². The Balaban J connectivity index is 1.99. The lowest BCUT2D eigenvalue weighted by atomic mass is 10.1. The van der Waals surface area contributed by atoms with Gasteiger partial charge in [0.1, 0.15) is 11.6 Å². The molecular weight excluding hydrogens is 255 g/mol. The zero-order chi connectivity index (χ0) is 14.2. The van der Waals surface area contributed by atoms with Crippen molar-refractivity contribution in [1.82, 2.24) is 0 Å². The fraction of sp³-hybridized carbons (Fsp3) is 0.529. The summed E-state index contributed by atoms with van der Waals surface area (Å²) in [4.78, 5) is 0. The summed E-state index contributed by atoms with van der Waals surface area (Å²) in [6, 6.07) is 4.83. The van der Waals surface area contributed by atoms with Crippen molar-refractivity contribution < 1.29 is 14.2 Å². The molecule has 2 nitrogen and oxygen atoms in total. The Morgan fingerprint density at radius 1 is 1.20 bits per heavy atom. The van der Waals surface area contributed by atoms with E-state index in [1.165, 1.54) is 31.7 Å². The Morgan fingerprint density at radius 2 is 1.95 bits per heavy atom. The monoisotopic (exact) mass is 276 g/mol. The Labute approximate surface area is 120 Å². The van der Waals surface area contributed by atoms with Crippen LogP contribution in [0.4, 0.5) is 4.39 Å². The van der Waals surface area contributed by atoms with Crippen LogP contribution in [0.3, 0.4) is 0 Å². The largest absolute Gasteiger partial charge is 0.490 e. The molecule has 2 rings (SSSR count). The van der Waals surface area contributed by atoms with Crippen molar-refractivity contribution in [3.8, 4) is 17.6 Å². The van der Waals surface area contributed by atoms with Gasteiger partial charge in [-0.1, -0.05) is 24.7 Å². The van der Waals surface area contributed by atoms with Crippen LogP contribution in [0.5, 0.6) is 5.75 Å². The zero-order valence-corrected chi connectivity index (χ0v) is 11.7. The van der Waals surface area contributed by atoms with Crippen molar-refractivity contribution in [2.45, 2.75) is 51.0 Å². The number of hydrogen-bond acceptors (Lipinski definition) is 2. The highest BCUT2D eigenvalue weighted by atomic mass is 19.1. The lowest BCUT2D eigenvalue weighted by Gasteiger charge is -2.17. The van der Waals surface area contributed by atoms with E-state index in [0.29, 0.717) is 17.7 Å². The first kappa shape index (κ1) is 14.9. The molecule has 1 aromatic carbocycles. The number of rotatable bonds is 3. The Kier molecular flexibility index (Phi) is 5.88. The van der Waals surface area contributed by atoms with Crippen LogP contribution in [0.2, 0.25) is 0 Å². The first-order valence-corrected chi connectivity index (χ1v) is 7.35. The quantitative estimate of drug-likeness (QED) is 0.674. The second-order valence-corrected chi connectivity index (χ2v) is 5.15. The molecule has 108 valence electrons. The normalized spacial score (nSPS) is 16.1. The minimum absolute atomic E-state index is 0.00249. The minimum atomic E-state index is -0.360. The van der Waals surface area contributed by atoms with Crippen LogP contribution in [0.15, 0.2) is 18.2 Å². The summed E-state index contributed by atoms with van der Waals surface area (Å²) in [6.07, 6.45) is 7.61. The maximum atomic E-state index is 13.9. The molecule has 0 atom stereocenters. The smallest absolute Gasteiger partial charge is 0.142 e. The van der Waals surface area contributed by atoms with E-state index in [4.69, 9.17) is 9.84 Å². The molecule has 0 radical (unpaired) electrons. The number of hydrogen-bond donors (Lipinski definition) is 1. The predicted molar refractivity (Wildman–Crippen MR) is 77.1 cm³/mol. The van der Waals surface area contributed by atoms with Crippen LogP contribution >= 0.6 is 0 Å². The third kappa shape index (κ3) is 4.54. The van der Waals surface area contributed by atoms with Gasteiger partial charge < -0.3 is 9.84 Å². The summed E-state index contributed by atoms with van der Waals surface area (Å²) in [5.74, 6) is 5.66. The van der Waals surface area contributed by atoms with Gasteiger partial charge in [-0.2, -0.15) is 0 Å². The van der Waals surface area contributed by atoms with Gasteiger partial charge >= 0.3 is 0 Å². The fourth-order valence-electron chi connectivity index (χ4n) is 2.44. The van der Waals surface area contributed by atoms with Gasteiger partial charge in [-0.15, -0.1) is 0 Å². The van der Waals surface area contributed by atoms with Crippen LogP contribution in [0.25, 0.3) is 0 Å². The standard InChI is InChI=1S/C17H21FO2/c18-17-13-16(11-10-14(17)7-5-6-12-19)20-15-8-3-1-2-4-9-15/h10-11,13,15,19H,1-4,6,8-9,12H2. The average Bonchev–Trinajstić information content (AvgIpc) is 2.70. The van der Waals surface area contributed by atoms with Crippen LogP contribution < -0.4 is 4.74 Å². The number of aliphatic hydroxyl groups excluding tert-OH is 1. The summed E-state index contributed by atoms with van der Waals surface area (Å²) in [5.41, 5.74) is 0.353. The van der Waals surface area contributed by atoms with Gasteiger partial charge in [-0.3, -0.25) is 0 Å². The predicted octanol–water partition coefficient (Wildman–Crippen LogP) is 3.66. The van der Waals surface area contributed by atoms with Crippen molar-refractivity contribution in [2.24, 2.45) is 0 Å². The van der Waals surface area contributed by atoms with Gasteiger partial charge in [-0.25, -0.2) is 4.39 Å². The molecule has 0 amide bonds. The first-order valence-electron chi connectivity index (χ1n) is 7.35. The van der Waals surface area contributed by atoms with Gasteiger partial charge in [0.05, 0.1) is 18.3 Å². The van der Waals surface area contributed by atoms with E-state index in [9.17, 15) is 4.39 Å². The summed E-state index contributed by atoms with van der Waals surface area (Å²) < 4.78 is 19.7. The van der Waals surface area contributed by atoms with E-state index in [2.05, 4.69) is 11.8 Å². The maximum Gasteiger partial charge on any atom is 0.142 e. The van der Waals surface area contributed by atoms with Crippen molar-refractivity contribution in [2.75, 3.05) is 6.61 Å². The highest BCUT2D eigenvalue weighted by Gasteiger charge is 2.14. The molecule has 0 aromatic heterocycles. The molecule has 0 heterocycles. The molecule has 0 unspecified atom stereocenters. The van der Waals surface area contributed by atoms with Crippen LogP contribution in [0, 0.1) is 17.7 Å². The highest BCUT2D eigenvalue weighted by molar-refractivity contribution is 5.39. The van der Waals surface area contributed by atoms with Crippen LogP contribution in [-0.4, -0.2) is 17.8 Å². The summed E-state index contributed by atoms with van der Waals surface area (Å²) in [5, 5.41) is 8.65. The fourth-order valence-corrected chi connectivity index (χ4v) is 2.44. The molecule has 1 aliphatic rings. The van der Waals surface area contributed by atoms with Gasteiger partial charge in [0.15, 0.2) is 0 Å². The minimum Gasteiger partial charge on any atom is -0.490 e. The summed E-state index contributed by atoms with van der Waals surface area (Å²) >= 11 is 0. The third-order valence-electron chi connectivity index (χ3n) is 3.51. The molecule has 3 heteroatoms. The maximum absolute atomic E-state index is 13.9. The van der Waals surface area contributed by atoms with Crippen LogP contribution in [0.1, 0.15) is 50.5 Å². The lowest BCUT2D eigenvalue weighted by Crippen LogP contribution is -2.15. The molecule has 0 saturated heterocycles. The third-order valence-corrected chi connectivity index (χ3v) is 3.51. The molecule has 1 N–H and O–H groups in total. The zero-order valence-electron chi connectivity index (χ0n) is 11.7. The molecular formula is C17H21FO2. The molecule has 0 aliphatic heterocycles. The number of aliphatic hydroxyl groups is 1. The molecule has 20 heavy (non-hydrogen) atoms. The Bertz CT molecular complexity index is 479. The number of benzene rings is 1. The second kappa shape index (κ2) is 7.91. The Hall–Kier alpha value is -1.53. The summed E-state index contributed by atoms with van der Waals surface area (Å²) in [7, 11) is 0. The van der Waals surface area contributed by atoms with Crippen molar-refractivity contribution in [3.63, 3.8) is 0 Å². The molecule has 1 saturated carbocycles. The van der Waals surface area contributed by atoms with E-state index in [1.807, 2.05) is 0 Å². The topological polar surface area (TPSA) is 29.5 Å². The summed E-state index contributed by atoms with van der Waals surface area (Å²) in [6.45, 7) is -0.00249. The lowest BCUT2D eigenvalue weighted by molar-refractivity contribution is 0.183. The van der Waals surface area contributed by atoms with Crippen molar-refractivity contribution in [1.29, 1.82) is 0 Å². The average molecular weight is 276 g/mol. The second-order valence-electron chi connectivity index (χ2n) is 5.15. The van der Waals surface area contributed by atoms with Gasteiger partial charge in [0, 0.05) is 12.5 Å². The van der Waals surface area contributed by atoms with E-state index in [1.54, 1.807) is 12.1 Å². The van der Waals surface area contributed by atoms with Gasteiger partial charge in [0.25, 0.3) is 0 Å². The highest BCUT2D eigenvalue weighted by Crippen LogP contribution is 2.24. The van der Waals surface area contributed by atoms with E-state index in [0.717, 1.165) is 12.8 Å². The SMILES string of the molecule is OCCC#Cc1ccc(OC2CCCCCC2)cc1F. The van der Waals surface area contributed by atoms with E-state index >= 15 is 0 Å². The van der Waals surface area contributed by atoms with Crippen molar-refractivity contribution >= 4 is 0 Å². The van der Waals surface area contributed by atoms with Crippen LogP contribution in [-0.2, 0) is 0 Å². The molecule has 0 spiro atoms. The van der Waals surface area contributed by atoms with Gasteiger partial charge in [0.2, 0.25) is 0 Å². The Morgan fingerprint density at radius 3 is 2.60 bits per heavy atom. The molecule has 1 aromatic rings. The molecule has 1 aliphatic carbocycles. The molecule has 1 fully saturated rings. The van der Waals surface area contributed by atoms with E-state index in [-0.39, 0.29) is 18.5 Å². The van der Waals surface area contributed by atoms with Crippen molar-refractivity contribution in [3.05, 3.63) is 29.6 Å². The number of ether oxygens (including phenoxy) is 1. The molecule has 0 bridgehead atoms. The van der Waals surface area contributed by atoms with Gasteiger partial charge in [-0.05, 0) is 37.8 Å². The number of halogens is 1.